The summed E-state index contributed by atoms with van der Waals surface area (Å²) in [6.45, 7) is 9.30. The van der Waals surface area contributed by atoms with Crippen LogP contribution in [0.25, 0.3) is 0 Å². The van der Waals surface area contributed by atoms with Gasteiger partial charge in [0.15, 0.2) is 0 Å². The smallest absolute Gasteiger partial charge is 0.311 e. The van der Waals surface area contributed by atoms with E-state index in [2.05, 4.69) is 4.90 Å². The third-order valence-electron chi connectivity index (χ3n) is 10.6. The molecule has 4 fully saturated rings. The maximum atomic E-state index is 13.4. The zero-order valence-electron chi connectivity index (χ0n) is 23.7. The zero-order valence-corrected chi connectivity index (χ0v) is 23.7. The number of fused-ring (bicyclic) bond motifs is 6. The van der Waals surface area contributed by atoms with Crippen LogP contribution in [0.1, 0.15) is 58.6 Å². The van der Waals surface area contributed by atoms with Gasteiger partial charge in [0.25, 0.3) is 5.56 Å². The Balaban J connectivity index is 1.29. The Morgan fingerprint density at radius 1 is 1.07 bits per heavy atom. The molecule has 0 radical (unpaired) electrons. The number of rotatable bonds is 4. The Labute approximate surface area is 233 Å². The molecule has 2 bridgehead atoms. The van der Waals surface area contributed by atoms with E-state index in [1.54, 1.807) is 6.07 Å². The summed E-state index contributed by atoms with van der Waals surface area (Å²) in [4.78, 5) is 52.2. The molecular formula is C30H40N2O8. The first-order valence-electron chi connectivity index (χ1n) is 14.6. The highest BCUT2D eigenvalue weighted by Crippen LogP contribution is 2.59. The standard InChI is InChI=1S/C30H40N2O8/c1-15-8-22-26(28(36)30(4)24(39-17(3)34)10-23(27(15)30)38-16(2)33)20(29(37)40-22)14-31-11-18-9-19(13-31)21-6-5-7-25(35)32(21)12-18/h5-7,15,18-20,22-24,26-28,36H,8-14H2,1-4H3/t15-,18-,19+,20-,22+,23+,24+,26-,27+,28+,30-/m1/s1. The van der Waals surface area contributed by atoms with Crippen molar-refractivity contribution in [1.82, 2.24) is 9.47 Å². The van der Waals surface area contributed by atoms with Crippen molar-refractivity contribution >= 4 is 17.9 Å². The molecule has 4 heterocycles. The van der Waals surface area contributed by atoms with Crippen LogP contribution in [0.3, 0.4) is 0 Å². The number of ether oxygens (including phenoxy) is 3. The maximum absolute atomic E-state index is 13.4. The molecule has 3 aliphatic heterocycles. The van der Waals surface area contributed by atoms with E-state index in [1.807, 2.05) is 30.5 Å². The Morgan fingerprint density at radius 3 is 2.55 bits per heavy atom. The van der Waals surface area contributed by atoms with Crippen LogP contribution in [-0.4, -0.2) is 76.5 Å². The van der Waals surface area contributed by atoms with Gasteiger partial charge in [0.2, 0.25) is 0 Å². The van der Waals surface area contributed by atoms with E-state index >= 15 is 0 Å². The average Bonchev–Trinajstić information content (AvgIpc) is 3.28. The average molecular weight is 557 g/mol. The van der Waals surface area contributed by atoms with Gasteiger partial charge in [-0.1, -0.05) is 19.9 Å². The second kappa shape index (κ2) is 9.98. The lowest BCUT2D eigenvalue weighted by molar-refractivity contribution is -0.165. The van der Waals surface area contributed by atoms with Gasteiger partial charge >= 0.3 is 17.9 Å². The molecule has 10 nitrogen and oxygen atoms in total. The van der Waals surface area contributed by atoms with Gasteiger partial charge in [0.1, 0.15) is 18.3 Å². The second-order valence-corrected chi connectivity index (χ2v) is 13.1. The molecular weight excluding hydrogens is 516 g/mol. The van der Waals surface area contributed by atoms with Gasteiger partial charge in [-0.2, -0.15) is 0 Å². The van der Waals surface area contributed by atoms with Crippen molar-refractivity contribution in [1.29, 1.82) is 0 Å². The highest BCUT2D eigenvalue weighted by atomic mass is 16.6. The largest absolute Gasteiger partial charge is 0.462 e. The van der Waals surface area contributed by atoms with E-state index in [1.165, 1.54) is 13.8 Å². The third-order valence-corrected chi connectivity index (χ3v) is 10.6. The van der Waals surface area contributed by atoms with Crippen molar-refractivity contribution in [3.05, 3.63) is 34.2 Å². The SMILES string of the molecule is CC(=O)O[C@H]1C[C@H](OC(C)=O)[C@]2(C)[C@H]1[C@H](C)C[C@@H]1OC(=O)[C@H](CN3C[C@H]4C[C@@H](C3)c3cccc(=O)n3C4)[C@H]1[C@@H]2O. The molecule has 0 aromatic carbocycles. The van der Waals surface area contributed by atoms with Crippen LogP contribution >= 0.6 is 0 Å². The fourth-order valence-corrected chi connectivity index (χ4v) is 9.21. The highest BCUT2D eigenvalue weighted by Gasteiger charge is 2.67. The summed E-state index contributed by atoms with van der Waals surface area (Å²) in [7, 11) is 0. The van der Waals surface area contributed by atoms with Crippen LogP contribution < -0.4 is 5.56 Å². The van der Waals surface area contributed by atoms with E-state index in [-0.39, 0.29) is 29.3 Å². The van der Waals surface area contributed by atoms with Gasteiger partial charge in [0, 0.05) is 81.4 Å². The van der Waals surface area contributed by atoms with Crippen LogP contribution in [0.5, 0.6) is 0 Å². The topological polar surface area (TPSA) is 124 Å². The number of hydrogen-bond donors (Lipinski definition) is 1. The first kappa shape index (κ1) is 27.4. The van der Waals surface area contributed by atoms with Crippen molar-refractivity contribution in [2.45, 2.75) is 83.8 Å². The quantitative estimate of drug-likeness (QED) is 0.436. The Kier molecular flexibility index (Phi) is 6.85. The van der Waals surface area contributed by atoms with Crippen LogP contribution in [0.2, 0.25) is 0 Å². The number of nitrogens with zero attached hydrogens (tertiary/aromatic N) is 2. The first-order chi connectivity index (χ1) is 19.0. The van der Waals surface area contributed by atoms with E-state index in [9.17, 15) is 24.3 Å². The molecule has 10 heteroatoms. The number of esters is 3. The lowest BCUT2D eigenvalue weighted by Gasteiger charge is -2.45. The molecule has 1 aromatic heterocycles. The Hall–Kier alpha value is -2.72. The summed E-state index contributed by atoms with van der Waals surface area (Å²) in [5, 5.41) is 12.2. The van der Waals surface area contributed by atoms with Crippen LogP contribution in [0.4, 0.5) is 0 Å². The molecule has 0 amide bonds. The molecule has 0 spiro atoms. The number of aliphatic hydroxyl groups is 1. The highest BCUT2D eigenvalue weighted by molar-refractivity contribution is 5.76. The van der Waals surface area contributed by atoms with Crippen LogP contribution in [0.15, 0.2) is 23.0 Å². The zero-order chi connectivity index (χ0) is 28.5. The molecule has 2 saturated heterocycles. The number of aromatic nitrogens is 1. The fraction of sp³-hybridized carbons (Fsp3) is 0.733. The van der Waals surface area contributed by atoms with Crippen molar-refractivity contribution in [3.8, 4) is 0 Å². The first-order valence-corrected chi connectivity index (χ1v) is 14.6. The molecule has 0 unspecified atom stereocenters. The predicted octanol–water partition coefficient (Wildman–Crippen LogP) is 1.72. The van der Waals surface area contributed by atoms with Crippen molar-refractivity contribution in [2.75, 3.05) is 19.6 Å². The molecule has 5 aliphatic rings. The monoisotopic (exact) mass is 556 g/mol. The summed E-state index contributed by atoms with van der Waals surface area (Å²) >= 11 is 0. The second-order valence-electron chi connectivity index (χ2n) is 13.1. The third kappa shape index (κ3) is 4.38. The summed E-state index contributed by atoms with van der Waals surface area (Å²) < 4.78 is 19.3. The summed E-state index contributed by atoms with van der Waals surface area (Å²) in [6, 6.07) is 5.45. The van der Waals surface area contributed by atoms with E-state index in [4.69, 9.17) is 14.2 Å². The number of piperidine rings is 1. The minimum absolute atomic E-state index is 0.0345. The van der Waals surface area contributed by atoms with Crippen molar-refractivity contribution in [3.63, 3.8) is 0 Å². The molecule has 6 rings (SSSR count). The number of aliphatic hydroxyl groups excluding tert-OH is 1. The molecule has 2 saturated carbocycles. The van der Waals surface area contributed by atoms with E-state index < -0.39 is 53.6 Å². The van der Waals surface area contributed by atoms with Gasteiger partial charge in [-0.05, 0) is 30.7 Å². The summed E-state index contributed by atoms with van der Waals surface area (Å²) in [6.07, 6.45) is -0.765. The molecule has 218 valence electrons. The van der Waals surface area contributed by atoms with Gasteiger partial charge in [-0.15, -0.1) is 0 Å². The number of carbonyl (C=O) groups is 3. The number of pyridine rings is 1. The van der Waals surface area contributed by atoms with Crippen molar-refractivity contribution in [2.24, 2.45) is 35.0 Å². The lowest BCUT2D eigenvalue weighted by atomic mass is 9.66. The number of hydrogen-bond acceptors (Lipinski definition) is 9. The minimum Gasteiger partial charge on any atom is -0.462 e. The van der Waals surface area contributed by atoms with E-state index in [0.717, 1.165) is 25.2 Å². The lowest BCUT2D eigenvalue weighted by Crippen LogP contribution is -2.53. The van der Waals surface area contributed by atoms with Crippen LogP contribution in [-0.2, 0) is 35.1 Å². The van der Waals surface area contributed by atoms with Gasteiger partial charge in [-0.25, -0.2) is 0 Å². The molecule has 1 N–H and O–H groups in total. The predicted molar refractivity (Wildman–Crippen MR) is 142 cm³/mol. The summed E-state index contributed by atoms with van der Waals surface area (Å²) in [5.41, 5.74) is 0.160. The minimum atomic E-state index is -1.00. The molecule has 2 aliphatic carbocycles. The Bertz CT molecular complexity index is 1260. The molecule has 40 heavy (non-hydrogen) atoms. The van der Waals surface area contributed by atoms with Crippen LogP contribution in [0, 0.1) is 35.0 Å². The van der Waals surface area contributed by atoms with Gasteiger partial charge < -0.3 is 28.8 Å². The van der Waals surface area contributed by atoms with E-state index in [0.29, 0.717) is 31.8 Å². The molecule has 1 aromatic rings. The normalized spacial score (nSPS) is 42.2. The maximum Gasteiger partial charge on any atom is 0.311 e. The Morgan fingerprint density at radius 2 is 1.82 bits per heavy atom. The fourth-order valence-electron chi connectivity index (χ4n) is 9.21. The van der Waals surface area contributed by atoms with Gasteiger partial charge in [0.05, 0.1) is 12.0 Å². The summed E-state index contributed by atoms with van der Waals surface area (Å²) in [5.74, 6) is -1.96. The van der Waals surface area contributed by atoms with Gasteiger partial charge in [-0.3, -0.25) is 19.2 Å². The number of likely N-dealkylation sites (tertiary alicyclic amines) is 1. The number of carbonyl (C=O) groups excluding carboxylic acids is 3. The molecule has 11 atom stereocenters. The van der Waals surface area contributed by atoms with Crippen molar-refractivity contribution < 1.29 is 33.7 Å².